The van der Waals surface area contributed by atoms with Gasteiger partial charge in [0.1, 0.15) is 12.1 Å². The third-order valence-electron chi connectivity index (χ3n) is 2.73. The summed E-state index contributed by atoms with van der Waals surface area (Å²) in [6.45, 7) is 0.130. The average molecular weight is 268 g/mol. The second-order valence-corrected chi connectivity index (χ2v) is 3.93. The zero-order valence-corrected chi connectivity index (χ0v) is 10.1. The molecule has 0 aliphatic rings. The van der Waals surface area contributed by atoms with Crippen LogP contribution in [0.5, 0.6) is 0 Å². The molecule has 0 radical (unpaired) electrons. The van der Waals surface area contributed by atoms with E-state index in [1.54, 1.807) is 6.07 Å². The normalized spacial score (nSPS) is 9.70. The number of benzene rings is 1. The molecule has 0 saturated carbocycles. The van der Waals surface area contributed by atoms with Crippen LogP contribution >= 0.6 is 0 Å². The van der Waals surface area contributed by atoms with Gasteiger partial charge in [0.15, 0.2) is 11.4 Å². The van der Waals surface area contributed by atoms with Gasteiger partial charge < -0.3 is 10.3 Å². The number of rotatable bonds is 3. The number of nitrogens with two attached hydrogens (primary N) is 1. The lowest BCUT2D eigenvalue weighted by Gasteiger charge is -2.07. The topological polar surface area (TPSA) is 135 Å². The minimum Gasteiger partial charge on any atom is -0.398 e. The van der Waals surface area contributed by atoms with Crippen LogP contribution in [0.3, 0.4) is 0 Å². The molecule has 1 heterocycles. The molecule has 8 nitrogen and oxygen atoms in total. The van der Waals surface area contributed by atoms with E-state index < -0.39 is 4.92 Å². The molecule has 0 aliphatic carbocycles. The molecule has 0 spiro atoms. The molecule has 20 heavy (non-hydrogen) atoms. The SMILES string of the molecule is N#Cc1ncn(Cc2cc([N+](=O)[O-])ccc2N)c1C#N. The minimum atomic E-state index is -0.525. The second kappa shape index (κ2) is 5.08. The highest BCUT2D eigenvalue weighted by atomic mass is 16.6. The summed E-state index contributed by atoms with van der Waals surface area (Å²) in [6, 6.07) is 7.75. The summed E-state index contributed by atoms with van der Waals surface area (Å²) in [6.07, 6.45) is 1.33. The van der Waals surface area contributed by atoms with Gasteiger partial charge in [0.05, 0.1) is 17.8 Å². The lowest BCUT2D eigenvalue weighted by molar-refractivity contribution is -0.384. The lowest BCUT2D eigenvalue weighted by Crippen LogP contribution is -2.05. The Hall–Kier alpha value is -3.39. The van der Waals surface area contributed by atoms with Crippen molar-refractivity contribution in [3.8, 4) is 12.1 Å². The number of anilines is 1. The number of non-ortho nitro benzene ring substituents is 1. The first-order chi connectivity index (χ1) is 9.56. The molecule has 2 aromatic rings. The van der Waals surface area contributed by atoms with E-state index in [2.05, 4.69) is 4.98 Å². The highest BCUT2D eigenvalue weighted by Crippen LogP contribution is 2.21. The van der Waals surface area contributed by atoms with Crippen molar-refractivity contribution in [2.45, 2.75) is 6.54 Å². The Kier molecular flexibility index (Phi) is 3.32. The molecule has 0 unspecified atom stereocenters. The summed E-state index contributed by atoms with van der Waals surface area (Å²) in [5.41, 5.74) is 6.63. The molecule has 1 aromatic heterocycles. The van der Waals surface area contributed by atoms with Crippen molar-refractivity contribution < 1.29 is 4.92 Å². The van der Waals surface area contributed by atoms with E-state index in [-0.39, 0.29) is 23.6 Å². The fourth-order valence-electron chi connectivity index (χ4n) is 1.73. The van der Waals surface area contributed by atoms with Crippen molar-refractivity contribution in [1.82, 2.24) is 9.55 Å². The molecule has 1 aromatic carbocycles. The Morgan fingerprint density at radius 3 is 2.75 bits per heavy atom. The zero-order chi connectivity index (χ0) is 14.7. The maximum atomic E-state index is 10.7. The van der Waals surface area contributed by atoms with E-state index >= 15 is 0 Å². The fourth-order valence-corrected chi connectivity index (χ4v) is 1.73. The maximum absolute atomic E-state index is 10.7. The number of nitro groups is 1. The number of nitrogens with zero attached hydrogens (tertiary/aromatic N) is 5. The summed E-state index contributed by atoms with van der Waals surface area (Å²) in [5.74, 6) is 0. The van der Waals surface area contributed by atoms with E-state index in [1.807, 2.05) is 6.07 Å². The molecule has 0 atom stereocenters. The Labute approximate surface area is 113 Å². The van der Waals surface area contributed by atoms with Gasteiger partial charge in [-0.2, -0.15) is 10.5 Å². The van der Waals surface area contributed by atoms with Crippen molar-refractivity contribution in [2.24, 2.45) is 0 Å². The van der Waals surface area contributed by atoms with Crippen LogP contribution in [0.2, 0.25) is 0 Å². The predicted molar refractivity (Wildman–Crippen MR) is 68.3 cm³/mol. The van der Waals surface area contributed by atoms with Gasteiger partial charge in [-0.1, -0.05) is 0 Å². The number of imidazole rings is 1. The molecular formula is C12H8N6O2. The quantitative estimate of drug-likeness (QED) is 0.504. The first-order valence-electron chi connectivity index (χ1n) is 5.45. The fraction of sp³-hybridized carbons (Fsp3) is 0.0833. The summed E-state index contributed by atoms with van der Waals surface area (Å²) in [5, 5.41) is 28.6. The van der Waals surface area contributed by atoms with Gasteiger partial charge in [-0.05, 0) is 6.07 Å². The van der Waals surface area contributed by atoms with Gasteiger partial charge in [-0.15, -0.1) is 0 Å². The van der Waals surface area contributed by atoms with E-state index in [0.717, 1.165) is 0 Å². The van der Waals surface area contributed by atoms with Crippen LogP contribution in [-0.2, 0) is 6.54 Å². The summed E-state index contributed by atoms with van der Waals surface area (Å²) >= 11 is 0. The molecule has 2 N–H and O–H groups in total. The number of aromatic nitrogens is 2. The van der Waals surface area contributed by atoms with Gasteiger partial charge in [0, 0.05) is 23.4 Å². The molecular weight excluding hydrogens is 260 g/mol. The number of hydrogen-bond acceptors (Lipinski definition) is 6. The molecule has 2 rings (SSSR count). The van der Waals surface area contributed by atoms with Gasteiger partial charge in [-0.25, -0.2) is 4.98 Å². The van der Waals surface area contributed by atoms with Crippen LogP contribution in [-0.4, -0.2) is 14.5 Å². The van der Waals surface area contributed by atoms with Crippen molar-refractivity contribution >= 4 is 11.4 Å². The van der Waals surface area contributed by atoms with Crippen LogP contribution in [0.1, 0.15) is 17.0 Å². The smallest absolute Gasteiger partial charge is 0.269 e. The highest BCUT2D eigenvalue weighted by molar-refractivity contribution is 5.53. The molecule has 8 heteroatoms. The predicted octanol–water partition coefficient (Wildman–Crippen LogP) is 1.17. The van der Waals surface area contributed by atoms with Crippen molar-refractivity contribution in [3.63, 3.8) is 0 Å². The van der Waals surface area contributed by atoms with Crippen LogP contribution in [0, 0.1) is 32.8 Å². The first-order valence-corrected chi connectivity index (χ1v) is 5.45. The summed E-state index contributed by atoms with van der Waals surface area (Å²) in [4.78, 5) is 14.0. The number of nitriles is 2. The molecule has 0 saturated heterocycles. The number of nitrogen functional groups attached to an aromatic ring is 1. The van der Waals surface area contributed by atoms with E-state index in [9.17, 15) is 10.1 Å². The summed E-state index contributed by atoms with van der Waals surface area (Å²) < 4.78 is 1.42. The second-order valence-electron chi connectivity index (χ2n) is 3.93. The van der Waals surface area contributed by atoms with Crippen molar-refractivity contribution in [2.75, 3.05) is 5.73 Å². The number of nitro benzene ring substituents is 1. The maximum Gasteiger partial charge on any atom is 0.269 e. The van der Waals surface area contributed by atoms with E-state index in [4.69, 9.17) is 16.3 Å². The van der Waals surface area contributed by atoms with Gasteiger partial charge in [0.25, 0.3) is 5.69 Å². The third-order valence-corrected chi connectivity index (χ3v) is 2.73. The van der Waals surface area contributed by atoms with E-state index in [1.165, 1.54) is 29.1 Å². The number of hydrogen-bond donors (Lipinski definition) is 1. The van der Waals surface area contributed by atoms with Gasteiger partial charge >= 0.3 is 0 Å². The minimum absolute atomic E-state index is 0.0107. The standard InChI is InChI=1S/C12H8N6O2/c13-4-11-12(5-14)17(7-16-11)6-8-3-9(18(19)20)1-2-10(8)15/h1-3,7H,6,15H2. The lowest BCUT2D eigenvalue weighted by atomic mass is 10.1. The molecule has 98 valence electrons. The van der Waals surface area contributed by atoms with Crippen LogP contribution < -0.4 is 5.73 Å². The summed E-state index contributed by atoms with van der Waals surface area (Å²) in [7, 11) is 0. The Morgan fingerprint density at radius 1 is 1.40 bits per heavy atom. The highest BCUT2D eigenvalue weighted by Gasteiger charge is 2.14. The van der Waals surface area contributed by atoms with Crippen LogP contribution in [0.4, 0.5) is 11.4 Å². The Morgan fingerprint density at radius 2 is 2.15 bits per heavy atom. The first kappa shape index (κ1) is 13.1. The van der Waals surface area contributed by atoms with Crippen molar-refractivity contribution in [1.29, 1.82) is 10.5 Å². The van der Waals surface area contributed by atoms with Crippen LogP contribution in [0.15, 0.2) is 24.5 Å². The Bertz CT molecular complexity index is 765. The Balaban J connectivity index is 2.43. The third kappa shape index (κ3) is 2.26. The zero-order valence-electron chi connectivity index (χ0n) is 10.1. The van der Waals surface area contributed by atoms with Crippen molar-refractivity contribution in [3.05, 3.63) is 51.6 Å². The molecule has 0 amide bonds. The van der Waals surface area contributed by atoms with Gasteiger partial charge in [0.2, 0.25) is 0 Å². The average Bonchev–Trinajstić information content (AvgIpc) is 2.82. The van der Waals surface area contributed by atoms with Crippen LogP contribution in [0.25, 0.3) is 0 Å². The van der Waals surface area contributed by atoms with Gasteiger partial charge in [-0.3, -0.25) is 10.1 Å². The molecule has 0 bridgehead atoms. The molecule has 0 aliphatic heterocycles. The molecule has 0 fully saturated rings. The monoisotopic (exact) mass is 268 g/mol. The van der Waals surface area contributed by atoms with E-state index in [0.29, 0.717) is 11.3 Å². The largest absolute Gasteiger partial charge is 0.398 e.